The molecule has 1 atom stereocenters. The summed E-state index contributed by atoms with van der Waals surface area (Å²) in [6, 6.07) is 18.0. The summed E-state index contributed by atoms with van der Waals surface area (Å²) in [5.41, 5.74) is 3.10. The molecule has 0 fully saturated rings. The molecule has 0 aliphatic carbocycles. The van der Waals surface area contributed by atoms with Crippen LogP contribution < -0.4 is 0 Å². The van der Waals surface area contributed by atoms with Crippen molar-refractivity contribution >= 4 is 22.9 Å². The number of aromatic nitrogens is 1. The number of hydrogen-bond donors (Lipinski definition) is 1. The van der Waals surface area contributed by atoms with Gasteiger partial charge in [0.25, 0.3) is 0 Å². The molecule has 100 valence electrons. The third-order valence-electron chi connectivity index (χ3n) is 3.06. The minimum atomic E-state index is -0.725. The number of aliphatic hydroxyl groups excluding tert-OH is 1. The maximum absolute atomic E-state index is 10.3. The van der Waals surface area contributed by atoms with Crippen LogP contribution in [0, 0.1) is 0 Å². The first-order chi connectivity index (χ1) is 9.74. The van der Waals surface area contributed by atoms with Crippen molar-refractivity contribution in [3.63, 3.8) is 0 Å². The van der Waals surface area contributed by atoms with Crippen molar-refractivity contribution in [3.05, 3.63) is 75.7 Å². The first-order valence-electron chi connectivity index (χ1n) is 6.19. The van der Waals surface area contributed by atoms with Gasteiger partial charge in [0.1, 0.15) is 15.4 Å². The molecule has 0 spiro atoms. The number of thiazole rings is 1. The zero-order valence-electron chi connectivity index (χ0n) is 10.5. The van der Waals surface area contributed by atoms with Crippen molar-refractivity contribution in [2.75, 3.05) is 0 Å². The highest BCUT2D eigenvalue weighted by Gasteiger charge is 2.14. The van der Waals surface area contributed by atoms with Crippen LogP contribution in [0.25, 0.3) is 11.1 Å². The van der Waals surface area contributed by atoms with Gasteiger partial charge in [-0.2, -0.15) is 0 Å². The van der Waals surface area contributed by atoms with Gasteiger partial charge in [0.05, 0.1) is 6.20 Å². The number of halogens is 1. The Morgan fingerprint density at radius 2 is 1.60 bits per heavy atom. The van der Waals surface area contributed by atoms with E-state index in [1.165, 1.54) is 11.3 Å². The summed E-state index contributed by atoms with van der Waals surface area (Å²) in [4.78, 5) is 4.11. The Morgan fingerprint density at radius 3 is 2.20 bits per heavy atom. The van der Waals surface area contributed by atoms with E-state index in [-0.39, 0.29) is 0 Å². The van der Waals surface area contributed by atoms with E-state index in [0.29, 0.717) is 9.34 Å². The van der Waals surface area contributed by atoms with Crippen LogP contribution in [0.4, 0.5) is 0 Å². The van der Waals surface area contributed by atoms with Crippen LogP contribution in [0.1, 0.15) is 16.7 Å². The third-order valence-corrected chi connectivity index (χ3v) is 4.23. The number of hydrogen-bond acceptors (Lipinski definition) is 3. The Balaban J connectivity index is 1.86. The highest BCUT2D eigenvalue weighted by atomic mass is 35.5. The molecule has 0 aliphatic heterocycles. The van der Waals surface area contributed by atoms with Gasteiger partial charge in [-0.3, -0.25) is 0 Å². The Morgan fingerprint density at radius 1 is 0.950 bits per heavy atom. The average molecular weight is 302 g/mol. The van der Waals surface area contributed by atoms with Gasteiger partial charge >= 0.3 is 0 Å². The fourth-order valence-corrected chi connectivity index (χ4v) is 2.97. The molecule has 0 aliphatic rings. The molecule has 0 amide bonds. The molecule has 4 heteroatoms. The summed E-state index contributed by atoms with van der Waals surface area (Å²) in [6.45, 7) is 0. The molecule has 0 saturated heterocycles. The van der Waals surface area contributed by atoms with E-state index in [9.17, 15) is 5.11 Å². The van der Waals surface area contributed by atoms with E-state index in [1.54, 1.807) is 6.20 Å². The molecule has 20 heavy (non-hydrogen) atoms. The Bertz CT molecular complexity index is 694. The third kappa shape index (κ3) is 2.75. The molecule has 1 unspecified atom stereocenters. The molecule has 0 saturated carbocycles. The molecular weight excluding hydrogens is 290 g/mol. The Kier molecular flexibility index (Phi) is 3.83. The van der Waals surface area contributed by atoms with Gasteiger partial charge in [-0.15, -0.1) is 11.3 Å². The zero-order valence-corrected chi connectivity index (χ0v) is 12.1. The maximum atomic E-state index is 10.3. The largest absolute Gasteiger partial charge is 0.381 e. The van der Waals surface area contributed by atoms with Crippen LogP contribution in [0.2, 0.25) is 4.34 Å². The number of aliphatic hydroxyl groups is 1. The van der Waals surface area contributed by atoms with Crippen LogP contribution in [0.5, 0.6) is 0 Å². The Hall–Kier alpha value is -1.68. The SMILES string of the molecule is OC(c1ccc(-c2ccccc2)cc1)c1ncc(Cl)s1. The van der Waals surface area contributed by atoms with Crippen LogP contribution in [-0.2, 0) is 0 Å². The minimum absolute atomic E-state index is 0.583. The monoisotopic (exact) mass is 301 g/mol. The summed E-state index contributed by atoms with van der Waals surface area (Å²) >= 11 is 7.14. The van der Waals surface area contributed by atoms with Crippen molar-refractivity contribution in [2.45, 2.75) is 6.10 Å². The van der Waals surface area contributed by atoms with Crippen LogP contribution in [-0.4, -0.2) is 10.1 Å². The van der Waals surface area contributed by atoms with E-state index >= 15 is 0 Å². The Labute approximate surface area is 126 Å². The molecule has 2 aromatic carbocycles. The molecular formula is C16H12ClNOS. The summed E-state index contributed by atoms with van der Waals surface area (Å²) in [6.07, 6.45) is 0.834. The van der Waals surface area contributed by atoms with Gasteiger partial charge in [0, 0.05) is 0 Å². The van der Waals surface area contributed by atoms with Gasteiger partial charge in [-0.05, 0) is 16.7 Å². The van der Waals surface area contributed by atoms with Crippen molar-refractivity contribution in [1.29, 1.82) is 0 Å². The molecule has 1 heterocycles. The van der Waals surface area contributed by atoms with E-state index < -0.39 is 6.10 Å². The molecule has 3 rings (SSSR count). The second-order valence-corrected chi connectivity index (χ2v) is 6.09. The molecule has 1 aromatic heterocycles. The predicted molar refractivity (Wildman–Crippen MR) is 83.1 cm³/mol. The summed E-state index contributed by atoms with van der Waals surface area (Å²) in [5.74, 6) is 0. The predicted octanol–water partition coefficient (Wildman–Crippen LogP) is 4.55. The summed E-state index contributed by atoms with van der Waals surface area (Å²) in [5, 5.41) is 10.9. The van der Waals surface area contributed by atoms with Gasteiger partial charge in [0.15, 0.2) is 0 Å². The lowest BCUT2D eigenvalue weighted by Gasteiger charge is -2.09. The smallest absolute Gasteiger partial charge is 0.131 e. The van der Waals surface area contributed by atoms with Crippen molar-refractivity contribution in [1.82, 2.24) is 4.98 Å². The van der Waals surface area contributed by atoms with E-state index in [1.807, 2.05) is 42.5 Å². The summed E-state index contributed by atoms with van der Waals surface area (Å²) < 4.78 is 0.583. The van der Waals surface area contributed by atoms with Gasteiger partial charge in [0.2, 0.25) is 0 Å². The second kappa shape index (κ2) is 5.75. The second-order valence-electron chi connectivity index (χ2n) is 4.39. The number of benzene rings is 2. The molecule has 0 radical (unpaired) electrons. The first kappa shape index (κ1) is 13.3. The topological polar surface area (TPSA) is 33.1 Å². The lowest BCUT2D eigenvalue weighted by atomic mass is 10.0. The normalized spacial score (nSPS) is 12.3. The van der Waals surface area contributed by atoms with Gasteiger partial charge in [-0.1, -0.05) is 66.2 Å². The quantitative estimate of drug-likeness (QED) is 0.770. The van der Waals surface area contributed by atoms with Crippen LogP contribution in [0.15, 0.2) is 60.8 Å². The van der Waals surface area contributed by atoms with E-state index in [2.05, 4.69) is 17.1 Å². The highest BCUT2D eigenvalue weighted by Crippen LogP contribution is 2.29. The highest BCUT2D eigenvalue weighted by molar-refractivity contribution is 7.15. The number of rotatable bonds is 3. The number of nitrogens with zero attached hydrogens (tertiary/aromatic N) is 1. The average Bonchev–Trinajstić information content (AvgIpc) is 2.94. The standard InChI is InChI=1S/C16H12ClNOS/c17-14-10-18-16(20-14)15(19)13-8-6-12(7-9-13)11-4-2-1-3-5-11/h1-10,15,19H. The van der Waals surface area contributed by atoms with E-state index in [4.69, 9.17) is 11.6 Å². The van der Waals surface area contributed by atoms with Crippen molar-refractivity contribution in [2.24, 2.45) is 0 Å². The zero-order chi connectivity index (χ0) is 13.9. The van der Waals surface area contributed by atoms with Gasteiger partial charge < -0.3 is 5.11 Å². The minimum Gasteiger partial charge on any atom is -0.381 e. The van der Waals surface area contributed by atoms with Crippen molar-refractivity contribution in [3.8, 4) is 11.1 Å². The lowest BCUT2D eigenvalue weighted by molar-refractivity contribution is 0.220. The van der Waals surface area contributed by atoms with Gasteiger partial charge in [-0.25, -0.2) is 4.98 Å². The fourth-order valence-electron chi connectivity index (χ4n) is 2.02. The van der Waals surface area contributed by atoms with Crippen LogP contribution in [0.3, 0.4) is 0 Å². The molecule has 0 bridgehead atoms. The summed E-state index contributed by atoms with van der Waals surface area (Å²) in [7, 11) is 0. The maximum Gasteiger partial charge on any atom is 0.131 e. The van der Waals surface area contributed by atoms with E-state index in [0.717, 1.165) is 16.7 Å². The fraction of sp³-hybridized carbons (Fsp3) is 0.0625. The lowest BCUT2D eigenvalue weighted by Crippen LogP contribution is -1.98. The molecule has 3 aromatic rings. The first-order valence-corrected chi connectivity index (χ1v) is 7.38. The van der Waals surface area contributed by atoms with Crippen LogP contribution >= 0.6 is 22.9 Å². The molecule has 2 nitrogen and oxygen atoms in total. The molecule has 1 N–H and O–H groups in total. The van der Waals surface area contributed by atoms with Crippen molar-refractivity contribution < 1.29 is 5.11 Å².